The summed E-state index contributed by atoms with van der Waals surface area (Å²) in [7, 11) is -2.21. The molecule has 0 saturated heterocycles. The molecule has 2 aromatic rings. The highest BCUT2D eigenvalue weighted by atomic mass is 79.9. The van der Waals surface area contributed by atoms with Gasteiger partial charge in [0, 0.05) is 18.1 Å². The summed E-state index contributed by atoms with van der Waals surface area (Å²) in [6.07, 6.45) is 0. The van der Waals surface area contributed by atoms with Crippen LogP contribution in [0.5, 0.6) is 0 Å². The van der Waals surface area contributed by atoms with E-state index < -0.39 is 10.0 Å². The topological polar surface area (TPSA) is 37.4 Å². The molecule has 7 heteroatoms. The Morgan fingerprint density at radius 2 is 1.76 bits per heavy atom. The lowest BCUT2D eigenvalue weighted by Gasteiger charge is -2.19. The van der Waals surface area contributed by atoms with Gasteiger partial charge in [-0.25, -0.2) is 8.42 Å². The molecule has 0 bridgehead atoms. The lowest BCUT2D eigenvalue weighted by molar-refractivity contribution is 0.466. The zero-order valence-corrected chi connectivity index (χ0v) is 15.0. The largest absolute Gasteiger partial charge is 0.244 e. The number of benzene rings is 2. The highest BCUT2D eigenvalue weighted by molar-refractivity contribution is 9.10. The second-order valence-corrected chi connectivity index (χ2v) is 8.06. The van der Waals surface area contributed by atoms with Gasteiger partial charge in [0.25, 0.3) is 0 Å². The highest BCUT2D eigenvalue weighted by Crippen LogP contribution is 2.31. The summed E-state index contributed by atoms with van der Waals surface area (Å²) in [5.41, 5.74) is 0.863. The Bertz CT molecular complexity index is 765. The van der Waals surface area contributed by atoms with Crippen LogP contribution < -0.4 is 0 Å². The van der Waals surface area contributed by atoms with Crippen molar-refractivity contribution in [1.82, 2.24) is 4.31 Å². The summed E-state index contributed by atoms with van der Waals surface area (Å²) in [5, 5.41) is 0.255. The van der Waals surface area contributed by atoms with Crippen LogP contribution in [0.4, 0.5) is 0 Å². The molecule has 0 aliphatic heterocycles. The lowest BCUT2D eigenvalue weighted by atomic mass is 10.2. The lowest BCUT2D eigenvalue weighted by Crippen LogP contribution is -2.27. The van der Waals surface area contributed by atoms with E-state index >= 15 is 0 Å². The van der Waals surface area contributed by atoms with Gasteiger partial charge in [-0.3, -0.25) is 0 Å². The number of rotatable bonds is 4. The van der Waals surface area contributed by atoms with E-state index in [2.05, 4.69) is 15.9 Å². The molecule has 2 rings (SSSR count). The Morgan fingerprint density at radius 3 is 2.43 bits per heavy atom. The molecule has 2 aromatic carbocycles. The first-order valence-electron chi connectivity index (χ1n) is 5.98. The minimum atomic E-state index is -3.71. The monoisotopic (exact) mass is 407 g/mol. The van der Waals surface area contributed by atoms with Gasteiger partial charge in [0.15, 0.2) is 0 Å². The van der Waals surface area contributed by atoms with Crippen LogP contribution in [0.2, 0.25) is 10.0 Å². The Morgan fingerprint density at radius 1 is 1.10 bits per heavy atom. The molecule has 0 aromatic heterocycles. The van der Waals surface area contributed by atoms with Gasteiger partial charge in [0.1, 0.15) is 4.90 Å². The van der Waals surface area contributed by atoms with Crippen molar-refractivity contribution in [3.05, 3.63) is 62.5 Å². The molecule has 0 saturated carbocycles. The van der Waals surface area contributed by atoms with Crippen LogP contribution in [0.15, 0.2) is 51.8 Å². The zero-order chi connectivity index (χ0) is 15.6. The van der Waals surface area contributed by atoms with E-state index in [4.69, 9.17) is 23.2 Å². The number of sulfonamides is 1. The molecule has 112 valence electrons. The maximum atomic E-state index is 12.6. The van der Waals surface area contributed by atoms with Gasteiger partial charge in [-0.2, -0.15) is 4.31 Å². The summed E-state index contributed by atoms with van der Waals surface area (Å²) in [4.78, 5) is 0.00576. The van der Waals surface area contributed by atoms with Crippen molar-refractivity contribution in [2.75, 3.05) is 7.05 Å². The molecule has 0 fully saturated rings. The van der Waals surface area contributed by atoms with E-state index in [-0.39, 0.29) is 21.5 Å². The van der Waals surface area contributed by atoms with Gasteiger partial charge in [-0.15, -0.1) is 0 Å². The van der Waals surface area contributed by atoms with E-state index in [1.165, 1.54) is 17.4 Å². The minimum absolute atomic E-state index is 0.00576. The molecule has 0 N–H and O–H groups in total. The van der Waals surface area contributed by atoms with E-state index in [1.807, 2.05) is 24.3 Å². The summed E-state index contributed by atoms with van der Waals surface area (Å²) in [5.74, 6) is 0. The highest BCUT2D eigenvalue weighted by Gasteiger charge is 2.25. The average molecular weight is 409 g/mol. The molecular formula is C14H12BrCl2NO2S. The SMILES string of the molecule is CN(Cc1ccccc1Br)S(=O)(=O)c1cccc(Cl)c1Cl. The maximum absolute atomic E-state index is 12.6. The molecule has 0 aliphatic rings. The summed E-state index contributed by atoms with van der Waals surface area (Å²) in [6.45, 7) is 0.229. The Hall–Kier alpha value is -0.590. The first-order valence-corrected chi connectivity index (χ1v) is 8.96. The molecule has 0 radical (unpaired) electrons. The van der Waals surface area contributed by atoms with Crippen molar-refractivity contribution in [2.45, 2.75) is 11.4 Å². The van der Waals surface area contributed by atoms with Crippen molar-refractivity contribution >= 4 is 49.2 Å². The van der Waals surface area contributed by atoms with E-state index in [9.17, 15) is 8.42 Å². The van der Waals surface area contributed by atoms with Crippen LogP contribution in [0.25, 0.3) is 0 Å². The number of nitrogens with zero attached hydrogens (tertiary/aromatic N) is 1. The van der Waals surface area contributed by atoms with Gasteiger partial charge >= 0.3 is 0 Å². The molecule has 3 nitrogen and oxygen atoms in total. The summed E-state index contributed by atoms with van der Waals surface area (Å²) >= 11 is 15.3. The van der Waals surface area contributed by atoms with Crippen molar-refractivity contribution in [2.24, 2.45) is 0 Å². The second kappa shape index (κ2) is 6.67. The smallest absolute Gasteiger partial charge is 0.207 e. The third-order valence-electron chi connectivity index (χ3n) is 2.96. The minimum Gasteiger partial charge on any atom is -0.207 e. The molecular weight excluding hydrogens is 397 g/mol. The fourth-order valence-electron chi connectivity index (χ4n) is 1.80. The molecule has 0 spiro atoms. The first-order chi connectivity index (χ1) is 9.84. The van der Waals surface area contributed by atoms with Crippen molar-refractivity contribution in [3.63, 3.8) is 0 Å². The van der Waals surface area contributed by atoms with Gasteiger partial charge in [-0.1, -0.05) is 63.4 Å². The Labute approximate surface area is 142 Å². The van der Waals surface area contributed by atoms with Gasteiger partial charge in [0.2, 0.25) is 10.0 Å². The molecule has 0 aliphatic carbocycles. The van der Waals surface area contributed by atoms with Crippen molar-refractivity contribution in [1.29, 1.82) is 0 Å². The van der Waals surface area contributed by atoms with Crippen molar-refractivity contribution in [3.8, 4) is 0 Å². The second-order valence-electron chi connectivity index (χ2n) is 4.40. The Balaban J connectivity index is 2.36. The third kappa shape index (κ3) is 3.60. The molecule has 0 amide bonds. The van der Waals surface area contributed by atoms with Crippen LogP contribution in [-0.4, -0.2) is 19.8 Å². The molecule has 0 atom stereocenters. The fraction of sp³-hybridized carbons (Fsp3) is 0.143. The van der Waals surface area contributed by atoms with Crippen molar-refractivity contribution < 1.29 is 8.42 Å². The number of halogens is 3. The molecule has 0 unspecified atom stereocenters. The third-order valence-corrected chi connectivity index (χ3v) is 6.51. The zero-order valence-electron chi connectivity index (χ0n) is 11.1. The molecule has 21 heavy (non-hydrogen) atoms. The van der Waals surface area contributed by atoms with E-state index in [0.717, 1.165) is 10.0 Å². The predicted molar refractivity (Wildman–Crippen MR) is 89.3 cm³/mol. The number of hydrogen-bond acceptors (Lipinski definition) is 2. The van der Waals surface area contributed by atoms with Crippen LogP contribution in [-0.2, 0) is 16.6 Å². The average Bonchev–Trinajstić information content (AvgIpc) is 2.44. The summed E-state index contributed by atoms with van der Waals surface area (Å²) in [6, 6.07) is 12.0. The van der Waals surface area contributed by atoms with Gasteiger partial charge < -0.3 is 0 Å². The normalized spacial score (nSPS) is 11.9. The predicted octanol–water partition coefficient (Wildman–Crippen LogP) is 4.58. The van der Waals surface area contributed by atoms with Crippen LogP contribution >= 0.6 is 39.1 Å². The van der Waals surface area contributed by atoms with E-state index in [1.54, 1.807) is 12.1 Å². The Kier molecular flexibility index (Phi) is 5.33. The summed E-state index contributed by atoms with van der Waals surface area (Å²) < 4.78 is 27.3. The fourth-order valence-corrected chi connectivity index (χ4v) is 4.09. The van der Waals surface area contributed by atoms with Gasteiger partial charge in [-0.05, 0) is 23.8 Å². The van der Waals surface area contributed by atoms with Crippen LogP contribution in [0.1, 0.15) is 5.56 Å². The standard InChI is InChI=1S/C14H12BrCl2NO2S/c1-18(9-10-5-2-3-6-11(10)15)21(19,20)13-8-4-7-12(16)14(13)17/h2-8H,9H2,1H3. The van der Waals surface area contributed by atoms with E-state index in [0.29, 0.717) is 0 Å². The first kappa shape index (κ1) is 16.8. The van der Waals surface area contributed by atoms with Crippen LogP contribution in [0.3, 0.4) is 0 Å². The number of hydrogen-bond donors (Lipinski definition) is 0. The van der Waals surface area contributed by atoms with Gasteiger partial charge in [0.05, 0.1) is 10.0 Å². The quantitative estimate of drug-likeness (QED) is 0.742. The maximum Gasteiger partial charge on any atom is 0.244 e. The molecule has 0 heterocycles. The van der Waals surface area contributed by atoms with Crippen LogP contribution in [0, 0.1) is 0 Å².